The number of nitrogens with zero attached hydrogens (tertiary/aromatic N) is 2. The van der Waals surface area contributed by atoms with Gasteiger partial charge in [0.05, 0.1) is 18.9 Å². The lowest BCUT2D eigenvalue weighted by molar-refractivity contribution is 0.288. The summed E-state index contributed by atoms with van der Waals surface area (Å²) < 4.78 is 11.2. The van der Waals surface area contributed by atoms with Crippen LogP contribution in [0, 0.1) is 6.92 Å². The van der Waals surface area contributed by atoms with Crippen molar-refractivity contribution in [1.82, 2.24) is 9.97 Å². The van der Waals surface area contributed by atoms with Crippen LogP contribution in [0.1, 0.15) is 19.4 Å². The summed E-state index contributed by atoms with van der Waals surface area (Å²) in [6, 6.07) is 5.75. The zero-order valence-electron chi connectivity index (χ0n) is 11.8. The van der Waals surface area contributed by atoms with Gasteiger partial charge in [0.1, 0.15) is 0 Å². The maximum atomic E-state index is 5.87. The Kier molecular flexibility index (Phi) is 4.79. The van der Waals surface area contributed by atoms with Gasteiger partial charge in [0.25, 0.3) is 0 Å². The number of hydrogen-bond donors (Lipinski definition) is 0. The van der Waals surface area contributed by atoms with E-state index in [0.29, 0.717) is 19.0 Å². The van der Waals surface area contributed by atoms with Crippen molar-refractivity contribution in [1.29, 1.82) is 0 Å². The van der Waals surface area contributed by atoms with Crippen LogP contribution in [-0.2, 0) is 0 Å². The Bertz CT molecular complexity index is 602. The molecule has 0 N–H and O–H groups in total. The molecule has 1 aromatic heterocycles. The third-order valence-electron chi connectivity index (χ3n) is 2.76. The Balaban J connectivity index is 2.46. The van der Waals surface area contributed by atoms with Crippen LogP contribution < -0.4 is 9.47 Å². The number of aryl methyl sites for hydroxylation is 1. The molecule has 0 fully saturated rings. The van der Waals surface area contributed by atoms with Gasteiger partial charge in [0.15, 0.2) is 11.5 Å². The lowest BCUT2D eigenvalue weighted by atomic mass is 10.1. The predicted molar refractivity (Wildman–Crippen MR) is 79.6 cm³/mol. The van der Waals surface area contributed by atoms with Gasteiger partial charge >= 0.3 is 0 Å². The molecule has 2 rings (SSSR count). The molecular formula is C15H17ClN2O2. The van der Waals surface area contributed by atoms with E-state index in [1.54, 1.807) is 6.20 Å². The minimum absolute atomic E-state index is 0.234. The van der Waals surface area contributed by atoms with Crippen LogP contribution in [-0.4, -0.2) is 23.2 Å². The Morgan fingerprint density at radius 2 is 1.80 bits per heavy atom. The van der Waals surface area contributed by atoms with Gasteiger partial charge in [-0.05, 0) is 56.1 Å². The highest BCUT2D eigenvalue weighted by Gasteiger charge is 2.11. The molecule has 0 saturated heterocycles. The molecule has 0 atom stereocenters. The molecular weight excluding hydrogens is 276 g/mol. The van der Waals surface area contributed by atoms with Crippen molar-refractivity contribution < 1.29 is 9.47 Å². The van der Waals surface area contributed by atoms with Gasteiger partial charge in [0, 0.05) is 11.8 Å². The van der Waals surface area contributed by atoms with Crippen molar-refractivity contribution in [2.75, 3.05) is 13.2 Å². The van der Waals surface area contributed by atoms with Crippen molar-refractivity contribution in [3.63, 3.8) is 0 Å². The van der Waals surface area contributed by atoms with Crippen LogP contribution in [0.15, 0.2) is 24.4 Å². The molecule has 5 heteroatoms. The molecule has 1 aromatic carbocycles. The summed E-state index contributed by atoms with van der Waals surface area (Å²) in [6.07, 6.45) is 1.71. The normalized spacial score (nSPS) is 10.4. The van der Waals surface area contributed by atoms with E-state index in [1.807, 2.05) is 39.0 Å². The summed E-state index contributed by atoms with van der Waals surface area (Å²) >= 11 is 5.87. The fourth-order valence-electron chi connectivity index (χ4n) is 1.91. The van der Waals surface area contributed by atoms with E-state index in [-0.39, 0.29) is 5.28 Å². The number of halogens is 1. The van der Waals surface area contributed by atoms with E-state index in [0.717, 1.165) is 22.6 Å². The maximum absolute atomic E-state index is 5.87. The smallest absolute Gasteiger partial charge is 0.222 e. The van der Waals surface area contributed by atoms with Gasteiger partial charge < -0.3 is 9.47 Å². The summed E-state index contributed by atoms with van der Waals surface area (Å²) in [5.41, 5.74) is 2.69. The molecule has 0 bridgehead atoms. The van der Waals surface area contributed by atoms with Gasteiger partial charge in [-0.1, -0.05) is 0 Å². The summed E-state index contributed by atoms with van der Waals surface area (Å²) in [6.45, 7) is 7.00. The maximum Gasteiger partial charge on any atom is 0.222 e. The second-order valence-electron chi connectivity index (χ2n) is 4.20. The first-order valence-corrected chi connectivity index (χ1v) is 6.92. The number of aromatic nitrogens is 2. The molecule has 0 unspecified atom stereocenters. The fraction of sp³-hybridized carbons (Fsp3) is 0.333. The van der Waals surface area contributed by atoms with Crippen molar-refractivity contribution in [2.24, 2.45) is 0 Å². The monoisotopic (exact) mass is 292 g/mol. The van der Waals surface area contributed by atoms with E-state index >= 15 is 0 Å². The van der Waals surface area contributed by atoms with Crippen LogP contribution in [0.25, 0.3) is 11.3 Å². The zero-order valence-corrected chi connectivity index (χ0v) is 12.6. The van der Waals surface area contributed by atoms with Gasteiger partial charge in [-0.2, -0.15) is 0 Å². The molecule has 1 heterocycles. The second-order valence-corrected chi connectivity index (χ2v) is 4.54. The first-order chi connectivity index (χ1) is 9.65. The van der Waals surface area contributed by atoms with Gasteiger partial charge in [-0.25, -0.2) is 9.97 Å². The number of hydrogen-bond acceptors (Lipinski definition) is 4. The molecule has 0 radical (unpaired) electrons. The van der Waals surface area contributed by atoms with Gasteiger partial charge in [-0.3, -0.25) is 0 Å². The number of ether oxygens (including phenoxy) is 2. The Morgan fingerprint density at radius 3 is 2.50 bits per heavy atom. The third kappa shape index (κ3) is 3.20. The standard InChI is InChI=1S/C15H17ClN2O2/c1-4-19-12-7-6-11(8-13(12)20-5-2)14-10(3)9-17-15(16)18-14/h6-9H,4-5H2,1-3H3. The second kappa shape index (κ2) is 6.57. The summed E-state index contributed by atoms with van der Waals surface area (Å²) in [7, 11) is 0. The first kappa shape index (κ1) is 14.6. The molecule has 0 saturated carbocycles. The van der Waals surface area contributed by atoms with E-state index in [2.05, 4.69) is 9.97 Å². The fourth-order valence-corrected chi connectivity index (χ4v) is 2.04. The SMILES string of the molecule is CCOc1ccc(-c2nc(Cl)ncc2C)cc1OCC. The topological polar surface area (TPSA) is 44.2 Å². The Hall–Kier alpha value is -1.81. The molecule has 4 nitrogen and oxygen atoms in total. The minimum Gasteiger partial charge on any atom is -0.490 e. The van der Waals surface area contributed by atoms with Crippen LogP contribution in [0.2, 0.25) is 5.28 Å². The highest BCUT2D eigenvalue weighted by Crippen LogP contribution is 2.33. The lowest BCUT2D eigenvalue weighted by Gasteiger charge is -2.13. The Labute approximate surface area is 123 Å². The van der Waals surface area contributed by atoms with Crippen LogP contribution in [0.5, 0.6) is 11.5 Å². The van der Waals surface area contributed by atoms with Crippen molar-refractivity contribution >= 4 is 11.6 Å². The van der Waals surface area contributed by atoms with Crippen molar-refractivity contribution in [3.05, 3.63) is 35.2 Å². The number of benzene rings is 1. The average Bonchev–Trinajstić information content (AvgIpc) is 2.44. The van der Waals surface area contributed by atoms with Crippen molar-refractivity contribution in [3.8, 4) is 22.8 Å². The van der Waals surface area contributed by atoms with E-state index in [4.69, 9.17) is 21.1 Å². The molecule has 106 valence electrons. The highest BCUT2D eigenvalue weighted by atomic mass is 35.5. The minimum atomic E-state index is 0.234. The number of rotatable bonds is 5. The van der Waals surface area contributed by atoms with E-state index in [1.165, 1.54) is 0 Å². The van der Waals surface area contributed by atoms with Gasteiger partial charge in [0.2, 0.25) is 5.28 Å². The zero-order chi connectivity index (χ0) is 14.5. The molecule has 0 aliphatic heterocycles. The molecule has 2 aromatic rings. The van der Waals surface area contributed by atoms with E-state index < -0.39 is 0 Å². The molecule has 0 aliphatic carbocycles. The van der Waals surface area contributed by atoms with Crippen LogP contribution >= 0.6 is 11.6 Å². The summed E-state index contributed by atoms with van der Waals surface area (Å²) in [5, 5.41) is 0.234. The molecule has 0 spiro atoms. The van der Waals surface area contributed by atoms with Gasteiger partial charge in [-0.15, -0.1) is 0 Å². The largest absolute Gasteiger partial charge is 0.490 e. The molecule has 0 aliphatic rings. The lowest BCUT2D eigenvalue weighted by Crippen LogP contribution is -1.99. The molecule has 0 amide bonds. The first-order valence-electron chi connectivity index (χ1n) is 6.54. The van der Waals surface area contributed by atoms with Crippen molar-refractivity contribution in [2.45, 2.75) is 20.8 Å². The molecule has 20 heavy (non-hydrogen) atoms. The quantitative estimate of drug-likeness (QED) is 0.784. The van der Waals surface area contributed by atoms with E-state index in [9.17, 15) is 0 Å². The highest BCUT2D eigenvalue weighted by molar-refractivity contribution is 6.28. The van der Waals surface area contributed by atoms with Crippen LogP contribution in [0.4, 0.5) is 0 Å². The van der Waals surface area contributed by atoms with Crippen LogP contribution in [0.3, 0.4) is 0 Å². The Morgan fingerprint density at radius 1 is 1.10 bits per heavy atom. The third-order valence-corrected chi connectivity index (χ3v) is 2.94. The average molecular weight is 293 g/mol. The predicted octanol–water partition coefficient (Wildman–Crippen LogP) is 3.90. The summed E-state index contributed by atoms with van der Waals surface area (Å²) in [4.78, 5) is 8.25. The summed E-state index contributed by atoms with van der Waals surface area (Å²) in [5.74, 6) is 1.44.